The van der Waals surface area contributed by atoms with E-state index < -0.39 is 0 Å². The minimum atomic E-state index is 0.0870. The van der Waals surface area contributed by atoms with Gasteiger partial charge >= 0.3 is 0 Å². The van der Waals surface area contributed by atoms with Gasteiger partial charge in [0.2, 0.25) is 0 Å². The molecule has 1 saturated heterocycles. The molecule has 5 heteroatoms. The molecule has 0 spiro atoms. The van der Waals surface area contributed by atoms with E-state index in [1.54, 1.807) is 0 Å². The number of nitrogens with zero attached hydrogens (tertiary/aromatic N) is 2. The number of nitrogens with one attached hydrogen (secondary N) is 2. The maximum Gasteiger partial charge on any atom is 0.133 e. The Morgan fingerprint density at radius 1 is 1.50 bits per heavy atom. The van der Waals surface area contributed by atoms with Gasteiger partial charge in [-0.15, -0.1) is 12.6 Å². The van der Waals surface area contributed by atoms with Crippen LogP contribution in [-0.2, 0) is 0 Å². The standard InChI is InChI=1S/C7H18N4S/c1-4-6(3)11-8-7(12)10(5-2)9-11/h6-9,12H,4-5H2,1-3H3. The molecule has 0 bridgehead atoms. The molecule has 4 nitrogen and oxygen atoms in total. The summed E-state index contributed by atoms with van der Waals surface area (Å²) in [5, 5.41) is 4.04. The highest BCUT2D eigenvalue weighted by Crippen LogP contribution is 2.09. The largest absolute Gasteiger partial charge is 0.212 e. The van der Waals surface area contributed by atoms with Gasteiger partial charge < -0.3 is 0 Å². The van der Waals surface area contributed by atoms with Gasteiger partial charge in [0.05, 0.1) is 0 Å². The van der Waals surface area contributed by atoms with Gasteiger partial charge in [-0.25, -0.2) is 10.4 Å². The van der Waals surface area contributed by atoms with Gasteiger partial charge in [-0.1, -0.05) is 13.8 Å². The van der Waals surface area contributed by atoms with Crippen LogP contribution in [0.2, 0.25) is 0 Å². The molecule has 0 aromatic heterocycles. The summed E-state index contributed by atoms with van der Waals surface area (Å²) in [4.78, 5) is 0. The molecular weight excluding hydrogens is 172 g/mol. The average molecular weight is 190 g/mol. The van der Waals surface area contributed by atoms with Crippen LogP contribution in [-0.4, -0.2) is 28.2 Å². The lowest BCUT2D eigenvalue weighted by atomic mass is 10.3. The van der Waals surface area contributed by atoms with Crippen molar-refractivity contribution in [1.82, 2.24) is 21.1 Å². The van der Waals surface area contributed by atoms with Crippen LogP contribution in [0.25, 0.3) is 0 Å². The number of hydrogen-bond donors (Lipinski definition) is 3. The summed E-state index contributed by atoms with van der Waals surface area (Å²) in [7, 11) is 0. The van der Waals surface area contributed by atoms with Crippen molar-refractivity contribution >= 4 is 12.6 Å². The van der Waals surface area contributed by atoms with E-state index in [1.165, 1.54) is 0 Å². The molecular formula is C7H18N4S. The zero-order chi connectivity index (χ0) is 9.14. The summed E-state index contributed by atoms with van der Waals surface area (Å²) in [6, 6.07) is 0.483. The molecule has 0 radical (unpaired) electrons. The van der Waals surface area contributed by atoms with Gasteiger partial charge in [-0.3, -0.25) is 0 Å². The molecule has 1 rings (SSSR count). The van der Waals surface area contributed by atoms with E-state index in [2.05, 4.69) is 44.4 Å². The fourth-order valence-electron chi connectivity index (χ4n) is 1.07. The van der Waals surface area contributed by atoms with Crippen molar-refractivity contribution in [1.29, 1.82) is 0 Å². The highest BCUT2D eigenvalue weighted by atomic mass is 32.1. The first kappa shape index (κ1) is 10.3. The van der Waals surface area contributed by atoms with Crippen LogP contribution in [0.15, 0.2) is 0 Å². The van der Waals surface area contributed by atoms with Gasteiger partial charge in [0, 0.05) is 12.6 Å². The Bertz CT molecular complexity index is 143. The fourth-order valence-corrected chi connectivity index (χ4v) is 1.41. The molecule has 0 aromatic carbocycles. The molecule has 2 N–H and O–H groups in total. The molecule has 0 aliphatic carbocycles. The third-order valence-electron chi connectivity index (χ3n) is 2.16. The van der Waals surface area contributed by atoms with Crippen molar-refractivity contribution in [3.8, 4) is 0 Å². The van der Waals surface area contributed by atoms with Crippen LogP contribution in [0.1, 0.15) is 27.2 Å². The van der Waals surface area contributed by atoms with Crippen LogP contribution in [0.5, 0.6) is 0 Å². The monoisotopic (exact) mass is 190 g/mol. The van der Waals surface area contributed by atoms with Crippen molar-refractivity contribution in [2.24, 2.45) is 0 Å². The molecule has 1 fully saturated rings. The fraction of sp³-hybridized carbons (Fsp3) is 1.00. The lowest BCUT2D eigenvalue weighted by Crippen LogP contribution is -2.47. The highest BCUT2D eigenvalue weighted by Gasteiger charge is 2.27. The second-order valence-corrected chi connectivity index (χ2v) is 3.51. The van der Waals surface area contributed by atoms with Crippen molar-refractivity contribution < 1.29 is 0 Å². The Morgan fingerprint density at radius 3 is 2.58 bits per heavy atom. The molecule has 1 aliphatic rings. The molecule has 0 saturated carbocycles. The summed E-state index contributed by atoms with van der Waals surface area (Å²) >= 11 is 4.37. The third-order valence-corrected chi connectivity index (χ3v) is 2.55. The average Bonchev–Trinajstić information content (AvgIpc) is 2.45. The summed E-state index contributed by atoms with van der Waals surface area (Å²) in [5.74, 6) is 0. The van der Waals surface area contributed by atoms with E-state index in [-0.39, 0.29) is 5.50 Å². The Labute approximate surface area is 79.6 Å². The van der Waals surface area contributed by atoms with Crippen molar-refractivity contribution in [2.45, 2.75) is 38.7 Å². The highest BCUT2D eigenvalue weighted by molar-refractivity contribution is 7.80. The molecule has 0 amide bonds. The minimum Gasteiger partial charge on any atom is -0.212 e. The lowest BCUT2D eigenvalue weighted by Gasteiger charge is -2.22. The molecule has 1 aliphatic heterocycles. The quantitative estimate of drug-likeness (QED) is 0.568. The van der Waals surface area contributed by atoms with Gasteiger partial charge in [0.1, 0.15) is 5.50 Å². The smallest absolute Gasteiger partial charge is 0.133 e. The molecule has 72 valence electrons. The van der Waals surface area contributed by atoms with E-state index >= 15 is 0 Å². The van der Waals surface area contributed by atoms with Crippen molar-refractivity contribution in [2.75, 3.05) is 6.54 Å². The number of hydrazine groups is 3. The summed E-state index contributed by atoms with van der Waals surface area (Å²) in [6.45, 7) is 7.36. The van der Waals surface area contributed by atoms with E-state index in [4.69, 9.17) is 0 Å². The van der Waals surface area contributed by atoms with Crippen molar-refractivity contribution in [3.63, 3.8) is 0 Å². The Kier molecular flexibility index (Phi) is 3.79. The number of thiol groups is 1. The van der Waals surface area contributed by atoms with Crippen LogP contribution in [0.3, 0.4) is 0 Å². The topological polar surface area (TPSA) is 30.5 Å². The maximum atomic E-state index is 4.37. The van der Waals surface area contributed by atoms with Crippen LogP contribution in [0.4, 0.5) is 0 Å². The van der Waals surface area contributed by atoms with Gasteiger partial charge in [0.15, 0.2) is 0 Å². The van der Waals surface area contributed by atoms with E-state index in [0.717, 1.165) is 13.0 Å². The van der Waals surface area contributed by atoms with Crippen molar-refractivity contribution in [3.05, 3.63) is 0 Å². The Morgan fingerprint density at radius 2 is 2.17 bits per heavy atom. The maximum absolute atomic E-state index is 4.37. The molecule has 0 aromatic rings. The molecule has 2 unspecified atom stereocenters. The summed E-state index contributed by atoms with van der Waals surface area (Å²) < 4.78 is 0. The molecule has 1 heterocycles. The van der Waals surface area contributed by atoms with E-state index in [0.29, 0.717) is 6.04 Å². The Balaban J connectivity index is 2.42. The van der Waals surface area contributed by atoms with Crippen LogP contribution < -0.4 is 11.0 Å². The van der Waals surface area contributed by atoms with E-state index in [9.17, 15) is 0 Å². The lowest BCUT2D eigenvalue weighted by molar-refractivity contribution is 0.0624. The molecule has 12 heavy (non-hydrogen) atoms. The summed E-state index contributed by atoms with van der Waals surface area (Å²) in [6.07, 6.45) is 1.11. The first-order chi connectivity index (χ1) is 5.69. The van der Waals surface area contributed by atoms with Gasteiger partial charge in [-0.2, -0.15) is 10.7 Å². The van der Waals surface area contributed by atoms with Crippen LogP contribution in [0, 0.1) is 0 Å². The zero-order valence-corrected chi connectivity index (χ0v) is 8.80. The second kappa shape index (κ2) is 4.43. The first-order valence-corrected chi connectivity index (χ1v) is 4.97. The van der Waals surface area contributed by atoms with E-state index in [1.807, 2.05) is 10.1 Å². The third kappa shape index (κ3) is 2.11. The van der Waals surface area contributed by atoms with Gasteiger partial charge in [0.25, 0.3) is 0 Å². The number of hydrogen-bond acceptors (Lipinski definition) is 5. The predicted molar refractivity (Wildman–Crippen MR) is 53.0 cm³/mol. The van der Waals surface area contributed by atoms with Crippen LogP contribution >= 0.6 is 12.6 Å². The second-order valence-electron chi connectivity index (χ2n) is 3.02. The minimum absolute atomic E-state index is 0.0870. The zero-order valence-electron chi connectivity index (χ0n) is 7.91. The summed E-state index contributed by atoms with van der Waals surface area (Å²) in [5.41, 5.74) is 6.53. The number of rotatable bonds is 3. The first-order valence-electron chi connectivity index (χ1n) is 4.45. The molecule has 2 atom stereocenters. The normalized spacial score (nSPS) is 29.5. The Hall–Kier alpha value is 0.190. The SMILES string of the molecule is CCC(C)N1NC(S)N(CC)N1. The van der Waals surface area contributed by atoms with Gasteiger partial charge in [-0.05, 0) is 13.3 Å². The predicted octanol–water partition coefficient (Wildman–Crippen LogP) is 0.560.